The lowest BCUT2D eigenvalue weighted by atomic mass is 10.1. The van der Waals surface area contributed by atoms with Crippen LogP contribution in [-0.2, 0) is 0 Å². The molecule has 0 spiro atoms. The number of ether oxygens (including phenoxy) is 1. The fourth-order valence-electron chi connectivity index (χ4n) is 1.88. The van der Waals surface area contributed by atoms with Gasteiger partial charge in [0.05, 0.1) is 0 Å². The van der Waals surface area contributed by atoms with Crippen molar-refractivity contribution in [3.8, 4) is 11.8 Å². The predicted octanol–water partition coefficient (Wildman–Crippen LogP) is 2.27. The van der Waals surface area contributed by atoms with Gasteiger partial charge in [-0.3, -0.25) is 0 Å². The largest absolute Gasteiger partial charge is 0.424 e. The average Bonchev–Trinajstić information content (AvgIpc) is 2.38. The quantitative estimate of drug-likeness (QED) is 0.717. The zero-order chi connectivity index (χ0) is 14.1. The van der Waals surface area contributed by atoms with Gasteiger partial charge < -0.3 is 14.9 Å². The molecule has 2 N–H and O–H groups in total. The van der Waals surface area contributed by atoms with Gasteiger partial charge in [0.2, 0.25) is 0 Å². The van der Waals surface area contributed by atoms with E-state index in [1.165, 1.54) is 12.3 Å². The Hall–Kier alpha value is -2.89. The smallest absolute Gasteiger partial charge is 0.336 e. The van der Waals surface area contributed by atoms with Crippen LogP contribution in [0.25, 0.3) is 11.0 Å². The molecule has 0 aliphatic heterocycles. The van der Waals surface area contributed by atoms with Gasteiger partial charge in [0.15, 0.2) is 0 Å². The Labute approximate surface area is 113 Å². The van der Waals surface area contributed by atoms with E-state index >= 15 is 0 Å². The van der Waals surface area contributed by atoms with Gasteiger partial charge in [0.1, 0.15) is 17.2 Å². The molecule has 0 unspecified atom stereocenters. The van der Waals surface area contributed by atoms with Crippen molar-refractivity contribution in [3.63, 3.8) is 0 Å². The highest BCUT2D eigenvalue weighted by Gasteiger charge is 2.06. The molecule has 0 radical (unpaired) electrons. The zero-order valence-corrected chi connectivity index (χ0v) is 10.7. The minimum Gasteiger partial charge on any atom is -0.424 e. The van der Waals surface area contributed by atoms with Crippen molar-refractivity contribution in [2.45, 2.75) is 6.92 Å². The van der Waals surface area contributed by atoms with Crippen LogP contribution in [0, 0.1) is 6.92 Å². The van der Waals surface area contributed by atoms with E-state index in [9.17, 15) is 4.79 Å². The third-order valence-electron chi connectivity index (χ3n) is 2.79. The van der Waals surface area contributed by atoms with Gasteiger partial charge in [-0.05, 0) is 30.7 Å². The van der Waals surface area contributed by atoms with Crippen LogP contribution in [0.15, 0.2) is 45.7 Å². The van der Waals surface area contributed by atoms with Gasteiger partial charge in [-0.25, -0.2) is 9.78 Å². The summed E-state index contributed by atoms with van der Waals surface area (Å²) in [5.41, 5.74) is 6.46. The molecule has 0 fully saturated rings. The summed E-state index contributed by atoms with van der Waals surface area (Å²) >= 11 is 0. The number of benzene rings is 1. The van der Waals surface area contributed by atoms with E-state index < -0.39 is 5.63 Å². The molecular formula is C14H11N3O3. The number of aromatic nitrogens is 2. The maximum Gasteiger partial charge on any atom is 0.336 e. The molecule has 0 amide bonds. The monoisotopic (exact) mass is 269 g/mol. The van der Waals surface area contributed by atoms with Crippen molar-refractivity contribution in [1.29, 1.82) is 0 Å². The first-order valence-electron chi connectivity index (χ1n) is 5.93. The summed E-state index contributed by atoms with van der Waals surface area (Å²) in [4.78, 5) is 19.2. The second-order valence-electron chi connectivity index (χ2n) is 4.27. The van der Waals surface area contributed by atoms with Crippen LogP contribution in [-0.4, -0.2) is 9.97 Å². The molecule has 20 heavy (non-hydrogen) atoms. The Morgan fingerprint density at radius 3 is 2.90 bits per heavy atom. The molecular weight excluding hydrogens is 258 g/mol. The molecule has 6 nitrogen and oxygen atoms in total. The molecule has 0 aliphatic rings. The SMILES string of the molecule is Cc1cc(=O)oc2cc(Oc3nccc(N)n3)ccc12. The lowest BCUT2D eigenvalue weighted by Crippen LogP contribution is -1.98. The first kappa shape index (κ1) is 12.2. The van der Waals surface area contributed by atoms with Crippen LogP contribution < -0.4 is 16.1 Å². The molecule has 2 heterocycles. The van der Waals surface area contributed by atoms with Gasteiger partial charge in [-0.1, -0.05) is 0 Å². The number of anilines is 1. The third-order valence-corrected chi connectivity index (χ3v) is 2.79. The van der Waals surface area contributed by atoms with Gasteiger partial charge in [0.25, 0.3) is 0 Å². The predicted molar refractivity (Wildman–Crippen MR) is 73.7 cm³/mol. The number of fused-ring (bicyclic) bond motifs is 1. The van der Waals surface area contributed by atoms with Crippen LogP contribution in [0.2, 0.25) is 0 Å². The topological polar surface area (TPSA) is 91.2 Å². The third kappa shape index (κ3) is 2.31. The van der Waals surface area contributed by atoms with Gasteiger partial charge in [0, 0.05) is 23.7 Å². The molecule has 0 saturated carbocycles. The summed E-state index contributed by atoms with van der Waals surface area (Å²) in [7, 11) is 0. The molecule has 0 aliphatic carbocycles. The van der Waals surface area contributed by atoms with Crippen molar-refractivity contribution in [2.75, 3.05) is 5.73 Å². The van der Waals surface area contributed by atoms with E-state index in [0.717, 1.165) is 10.9 Å². The van der Waals surface area contributed by atoms with Gasteiger partial charge in [-0.15, -0.1) is 0 Å². The van der Waals surface area contributed by atoms with Crippen molar-refractivity contribution in [1.82, 2.24) is 9.97 Å². The molecule has 0 bridgehead atoms. The lowest BCUT2D eigenvalue weighted by molar-refractivity contribution is 0.441. The Morgan fingerprint density at radius 1 is 1.25 bits per heavy atom. The number of nitrogens with zero attached hydrogens (tertiary/aromatic N) is 2. The summed E-state index contributed by atoms with van der Waals surface area (Å²) in [5.74, 6) is 0.787. The van der Waals surface area contributed by atoms with Crippen molar-refractivity contribution in [3.05, 3.63) is 52.5 Å². The zero-order valence-electron chi connectivity index (χ0n) is 10.7. The highest BCUT2D eigenvalue weighted by molar-refractivity contribution is 5.81. The standard InChI is InChI=1S/C14H11N3O3/c1-8-6-13(18)20-11-7-9(2-3-10(8)11)19-14-16-5-4-12(15)17-14/h2-7H,1H3,(H2,15,16,17). The maximum atomic E-state index is 11.4. The van der Waals surface area contributed by atoms with Crippen LogP contribution in [0.4, 0.5) is 5.82 Å². The van der Waals surface area contributed by atoms with Crippen LogP contribution in [0.1, 0.15) is 5.56 Å². The van der Waals surface area contributed by atoms with Crippen molar-refractivity contribution >= 4 is 16.8 Å². The number of aryl methyl sites for hydroxylation is 1. The van der Waals surface area contributed by atoms with Gasteiger partial charge >= 0.3 is 11.6 Å². The van der Waals surface area contributed by atoms with E-state index in [2.05, 4.69) is 9.97 Å². The Kier molecular flexibility index (Phi) is 2.83. The molecule has 2 aromatic heterocycles. The van der Waals surface area contributed by atoms with Crippen molar-refractivity contribution in [2.24, 2.45) is 0 Å². The fourth-order valence-corrected chi connectivity index (χ4v) is 1.88. The number of nitrogens with two attached hydrogens (primary N) is 1. The molecule has 3 aromatic rings. The Bertz CT molecular complexity index is 842. The Balaban J connectivity index is 2.03. The molecule has 6 heteroatoms. The summed E-state index contributed by atoms with van der Waals surface area (Å²) < 4.78 is 10.6. The van der Waals surface area contributed by atoms with E-state index in [0.29, 0.717) is 17.2 Å². The summed E-state index contributed by atoms with van der Waals surface area (Å²) in [6, 6.07) is 8.34. The number of hydrogen-bond donors (Lipinski definition) is 1. The molecule has 0 atom stereocenters. The summed E-state index contributed by atoms with van der Waals surface area (Å²) in [6.07, 6.45) is 1.50. The number of hydrogen-bond acceptors (Lipinski definition) is 6. The number of nitrogen functional groups attached to an aromatic ring is 1. The van der Waals surface area contributed by atoms with Crippen LogP contribution in [0.5, 0.6) is 11.8 Å². The van der Waals surface area contributed by atoms with Crippen LogP contribution >= 0.6 is 0 Å². The fraction of sp³-hybridized carbons (Fsp3) is 0.0714. The highest BCUT2D eigenvalue weighted by atomic mass is 16.5. The average molecular weight is 269 g/mol. The Morgan fingerprint density at radius 2 is 2.10 bits per heavy atom. The van der Waals surface area contributed by atoms with Crippen LogP contribution in [0.3, 0.4) is 0 Å². The first-order chi connectivity index (χ1) is 9.61. The molecule has 100 valence electrons. The van der Waals surface area contributed by atoms with E-state index in [1.807, 2.05) is 13.0 Å². The van der Waals surface area contributed by atoms with E-state index in [1.54, 1.807) is 18.2 Å². The van der Waals surface area contributed by atoms with E-state index in [-0.39, 0.29) is 6.01 Å². The highest BCUT2D eigenvalue weighted by Crippen LogP contribution is 2.24. The normalized spacial score (nSPS) is 10.7. The molecule has 0 saturated heterocycles. The second-order valence-corrected chi connectivity index (χ2v) is 4.27. The molecule has 3 rings (SSSR count). The summed E-state index contributed by atoms with van der Waals surface area (Å²) in [5, 5.41) is 0.852. The van der Waals surface area contributed by atoms with Crippen molar-refractivity contribution < 1.29 is 9.15 Å². The summed E-state index contributed by atoms with van der Waals surface area (Å²) in [6.45, 7) is 1.85. The lowest BCUT2D eigenvalue weighted by Gasteiger charge is -2.05. The van der Waals surface area contributed by atoms with E-state index in [4.69, 9.17) is 14.9 Å². The minimum absolute atomic E-state index is 0.138. The second kappa shape index (κ2) is 4.65. The number of rotatable bonds is 2. The first-order valence-corrected chi connectivity index (χ1v) is 5.93. The maximum absolute atomic E-state index is 11.4. The molecule has 1 aromatic carbocycles. The van der Waals surface area contributed by atoms with Gasteiger partial charge in [-0.2, -0.15) is 4.98 Å². The minimum atomic E-state index is -0.396.